The predicted molar refractivity (Wildman–Crippen MR) is 92.7 cm³/mol. The number of likely N-dealkylation sites (tertiary alicyclic amines) is 1. The molecule has 1 saturated carbocycles. The van der Waals surface area contributed by atoms with Gasteiger partial charge in [0.2, 0.25) is 0 Å². The summed E-state index contributed by atoms with van der Waals surface area (Å²) in [6, 6.07) is 0.616. The lowest BCUT2D eigenvalue weighted by atomic mass is 9.78. The molecule has 1 heterocycles. The number of piperidine rings is 1. The molecule has 0 amide bonds. The molecule has 2 atom stereocenters. The topological polar surface area (TPSA) is 15.3 Å². The minimum absolute atomic E-state index is 0.543. The molecule has 2 fully saturated rings. The monoisotopic (exact) mass is 294 g/mol. The van der Waals surface area contributed by atoms with E-state index < -0.39 is 0 Å². The number of hydrogen-bond donors (Lipinski definition) is 1. The molecule has 2 nitrogen and oxygen atoms in total. The van der Waals surface area contributed by atoms with E-state index in [0.717, 1.165) is 11.8 Å². The van der Waals surface area contributed by atoms with Crippen molar-refractivity contribution in [3.8, 4) is 0 Å². The molecule has 0 bridgehead atoms. The fourth-order valence-corrected chi connectivity index (χ4v) is 4.26. The maximum atomic E-state index is 3.77. The van der Waals surface area contributed by atoms with Crippen LogP contribution in [0.1, 0.15) is 72.6 Å². The van der Waals surface area contributed by atoms with Crippen LogP contribution in [0.3, 0.4) is 0 Å². The summed E-state index contributed by atoms with van der Waals surface area (Å²) in [6.45, 7) is 14.7. The zero-order valence-electron chi connectivity index (χ0n) is 15.0. The number of nitrogens with one attached hydrogen (secondary N) is 1. The zero-order chi connectivity index (χ0) is 15.3. The molecule has 0 aromatic rings. The van der Waals surface area contributed by atoms with E-state index in [0.29, 0.717) is 11.5 Å². The van der Waals surface area contributed by atoms with E-state index in [1.54, 1.807) is 0 Å². The Morgan fingerprint density at radius 1 is 1.05 bits per heavy atom. The third kappa shape index (κ3) is 5.25. The summed E-state index contributed by atoms with van der Waals surface area (Å²) in [5.41, 5.74) is 0.543. The Hall–Kier alpha value is -0.0800. The van der Waals surface area contributed by atoms with Gasteiger partial charge in [-0.1, -0.05) is 53.4 Å². The van der Waals surface area contributed by atoms with Gasteiger partial charge in [-0.15, -0.1) is 0 Å². The average molecular weight is 295 g/mol. The molecule has 1 aliphatic carbocycles. The van der Waals surface area contributed by atoms with Crippen LogP contribution in [-0.2, 0) is 0 Å². The van der Waals surface area contributed by atoms with Crippen LogP contribution in [0.5, 0.6) is 0 Å². The lowest BCUT2D eigenvalue weighted by Crippen LogP contribution is -2.49. The Kier molecular flexibility index (Phi) is 6.55. The standard InChI is InChI=1S/C19H38N2/c1-16(2)20-14-19(10-7-5-6-8-11-19)15-21-12-9-17(3)18(4)13-21/h16-18,20H,5-15H2,1-4H3. The first-order valence-electron chi connectivity index (χ1n) is 9.46. The quantitative estimate of drug-likeness (QED) is 0.760. The molecule has 1 aliphatic heterocycles. The summed E-state index contributed by atoms with van der Waals surface area (Å²) >= 11 is 0. The molecular formula is C19H38N2. The summed E-state index contributed by atoms with van der Waals surface area (Å²) in [5.74, 6) is 1.79. The van der Waals surface area contributed by atoms with E-state index >= 15 is 0 Å². The van der Waals surface area contributed by atoms with Crippen LogP contribution in [0.2, 0.25) is 0 Å². The third-order valence-corrected chi connectivity index (χ3v) is 6.03. The number of rotatable bonds is 5. The lowest BCUT2D eigenvalue weighted by molar-refractivity contribution is 0.0712. The van der Waals surface area contributed by atoms with Crippen LogP contribution in [-0.4, -0.2) is 37.1 Å². The summed E-state index contributed by atoms with van der Waals surface area (Å²) in [4.78, 5) is 2.79. The minimum Gasteiger partial charge on any atom is -0.314 e. The van der Waals surface area contributed by atoms with Gasteiger partial charge in [0.05, 0.1) is 0 Å². The second-order valence-corrected chi connectivity index (χ2v) is 8.43. The second-order valence-electron chi connectivity index (χ2n) is 8.43. The molecule has 0 aromatic carbocycles. The van der Waals surface area contributed by atoms with E-state index in [-0.39, 0.29) is 0 Å². The van der Waals surface area contributed by atoms with Crippen LogP contribution in [0, 0.1) is 17.3 Å². The molecule has 124 valence electrons. The molecule has 0 spiro atoms. The maximum Gasteiger partial charge on any atom is 0.00503 e. The van der Waals surface area contributed by atoms with Crippen molar-refractivity contribution >= 4 is 0 Å². The van der Waals surface area contributed by atoms with Crippen molar-refractivity contribution in [3.63, 3.8) is 0 Å². The van der Waals surface area contributed by atoms with Crippen molar-refractivity contribution in [2.75, 3.05) is 26.2 Å². The Balaban J connectivity index is 1.97. The average Bonchev–Trinajstić information content (AvgIpc) is 2.67. The van der Waals surface area contributed by atoms with Crippen molar-refractivity contribution in [3.05, 3.63) is 0 Å². The van der Waals surface area contributed by atoms with Crippen molar-refractivity contribution in [2.45, 2.75) is 78.7 Å². The summed E-state index contributed by atoms with van der Waals surface area (Å²) < 4.78 is 0. The van der Waals surface area contributed by atoms with Gasteiger partial charge in [0, 0.05) is 25.7 Å². The zero-order valence-corrected chi connectivity index (χ0v) is 15.0. The Morgan fingerprint density at radius 2 is 1.71 bits per heavy atom. The van der Waals surface area contributed by atoms with Gasteiger partial charge in [-0.3, -0.25) is 0 Å². The fourth-order valence-electron chi connectivity index (χ4n) is 4.26. The Morgan fingerprint density at radius 3 is 2.29 bits per heavy atom. The van der Waals surface area contributed by atoms with Crippen LogP contribution in [0.25, 0.3) is 0 Å². The van der Waals surface area contributed by atoms with Crippen molar-refractivity contribution in [1.29, 1.82) is 0 Å². The first-order chi connectivity index (χ1) is 10.0. The largest absolute Gasteiger partial charge is 0.314 e. The van der Waals surface area contributed by atoms with Crippen LogP contribution in [0.4, 0.5) is 0 Å². The molecule has 0 aromatic heterocycles. The van der Waals surface area contributed by atoms with Gasteiger partial charge in [-0.2, -0.15) is 0 Å². The fraction of sp³-hybridized carbons (Fsp3) is 1.00. The van der Waals surface area contributed by atoms with E-state index in [2.05, 4.69) is 37.9 Å². The third-order valence-electron chi connectivity index (χ3n) is 6.03. The lowest BCUT2D eigenvalue weighted by Gasteiger charge is -2.43. The van der Waals surface area contributed by atoms with Crippen LogP contribution in [0.15, 0.2) is 0 Å². The highest BCUT2D eigenvalue weighted by Gasteiger charge is 2.34. The minimum atomic E-state index is 0.543. The molecule has 0 radical (unpaired) electrons. The normalized spacial score (nSPS) is 31.3. The molecule has 21 heavy (non-hydrogen) atoms. The number of nitrogens with zero attached hydrogens (tertiary/aromatic N) is 1. The van der Waals surface area contributed by atoms with Crippen molar-refractivity contribution in [2.24, 2.45) is 17.3 Å². The maximum absolute atomic E-state index is 3.77. The predicted octanol–water partition coefficient (Wildman–Crippen LogP) is 4.30. The van der Waals surface area contributed by atoms with Gasteiger partial charge in [0.15, 0.2) is 0 Å². The van der Waals surface area contributed by atoms with E-state index in [9.17, 15) is 0 Å². The van der Waals surface area contributed by atoms with Crippen LogP contribution >= 0.6 is 0 Å². The van der Waals surface area contributed by atoms with Gasteiger partial charge in [-0.25, -0.2) is 0 Å². The van der Waals surface area contributed by atoms with Crippen LogP contribution < -0.4 is 5.32 Å². The van der Waals surface area contributed by atoms with E-state index in [1.165, 1.54) is 71.1 Å². The van der Waals surface area contributed by atoms with Crippen molar-refractivity contribution < 1.29 is 0 Å². The first kappa shape index (κ1) is 17.3. The summed E-state index contributed by atoms with van der Waals surface area (Å²) in [5, 5.41) is 3.77. The summed E-state index contributed by atoms with van der Waals surface area (Å²) in [6.07, 6.45) is 10.1. The summed E-state index contributed by atoms with van der Waals surface area (Å²) in [7, 11) is 0. The Labute approximate surface area is 133 Å². The molecule has 2 rings (SSSR count). The van der Waals surface area contributed by atoms with Gasteiger partial charge < -0.3 is 10.2 Å². The van der Waals surface area contributed by atoms with Crippen molar-refractivity contribution in [1.82, 2.24) is 10.2 Å². The van der Waals surface area contributed by atoms with Gasteiger partial charge in [-0.05, 0) is 43.1 Å². The smallest absolute Gasteiger partial charge is 0.00503 e. The molecule has 2 aliphatic rings. The molecule has 1 N–H and O–H groups in total. The number of hydrogen-bond acceptors (Lipinski definition) is 2. The highest BCUT2D eigenvalue weighted by molar-refractivity contribution is 4.89. The molecule has 2 unspecified atom stereocenters. The molecule has 2 heteroatoms. The van der Waals surface area contributed by atoms with Gasteiger partial charge in [0.25, 0.3) is 0 Å². The second kappa shape index (κ2) is 7.97. The van der Waals surface area contributed by atoms with Gasteiger partial charge in [0.1, 0.15) is 0 Å². The Bertz CT molecular complexity index is 292. The van der Waals surface area contributed by atoms with E-state index in [1.807, 2.05) is 0 Å². The SMILES string of the molecule is CC(C)NCC1(CN2CCC(C)C(C)C2)CCCCCC1. The first-order valence-corrected chi connectivity index (χ1v) is 9.46. The highest BCUT2D eigenvalue weighted by Crippen LogP contribution is 2.37. The highest BCUT2D eigenvalue weighted by atomic mass is 15.1. The molecule has 1 saturated heterocycles. The van der Waals surface area contributed by atoms with E-state index in [4.69, 9.17) is 0 Å². The van der Waals surface area contributed by atoms with Gasteiger partial charge >= 0.3 is 0 Å². The molecular weight excluding hydrogens is 256 g/mol.